The highest BCUT2D eigenvalue weighted by Gasteiger charge is 2.11. The van der Waals surface area contributed by atoms with Crippen molar-refractivity contribution in [3.63, 3.8) is 0 Å². The van der Waals surface area contributed by atoms with Gasteiger partial charge in [0.15, 0.2) is 5.96 Å². The molecular weight excluding hydrogens is 505 g/mol. The summed E-state index contributed by atoms with van der Waals surface area (Å²) < 4.78 is 0. The van der Waals surface area contributed by atoms with Crippen LogP contribution in [0.1, 0.15) is 24.0 Å². The third-order valence-electron chi connectivity index (χ3n) is 4.44. The number of nitrogens with one attached hydrogen (secondary N) is 3. The van der Waals surface area contributed by atoms with Crippen molar-refractivity contribution in [2.45, 2.75) is 19.4 Å². The molecule has 1 amide bonds. The first-order valence-electron chi connectivity index (χ1n) is 10.2. The summed E-state index contributed by atoms with van der Waals surface area (Å²) in [5, 5.41) is 19.2. The number of amides is 1. The van der Waals surface area contributed by atoms with Crippen molar-refractivity contribution in [3.8, 4) is 0 Å². The molecule has 2 aromatic carbocycles. The van der Waals surface area contributed by atoms with Crippen molar-refractivity contribution >= 4 is 41.5 Å². The minimum atomic E-state index is -0.0494. The third-order valence-corrected chi connectivity index (χ3v) is 4.44. The van der Waals surface area contributed by atoms with Crippen molar-refractivity contribution in [3.05, 3.63) is 65.7 Å². The maximum Gasteiger partial charge on any atom is 0.238 e. The molecule has 0 saturated carbocycles. The minimum absolute atomic E-state index is 0. The van der Waals surface area contributed by atoms with Gasteiger partial charge in [-0.2, -0.15) is 0 Å². The number of likely N-dealkylation sites (N-methyl/N-ethyl adjacent to an activating group) is 1. The summed E-state index contributed by atoms with van der Waals surface area (Å²) >= 11 is 0. The van der Waals surface area contributed by atoms with Crippen LogP contribution in [0.2, 0.25) is 0 Å². The zero-order valence-electron chi connectivity index (χ0n) is 18.5. The van der Waals surface area contributed by atoms with E-state index in [0.29, 0.717) is 25.6 Å². The summed E-state index contributed by atoms with van der Waals surface area (Å²) in [7, 11) is 3.72. The Kier molecular flexibility index (Phi) is 12.8. The summed E-state index contributed by atoms with van der Waals surface area (Å²) in [6.45, 7) is 4.20. The molecule has 0 radical (unpaired) electrons. The molecule has 0 aliphatic rings. The smallest absolute Gasteiger partial charge is 0.238 e. The lowest BCUT2D eigenvalue weighted by atomic mass is 10.0. The van der Waals surface area contributed by atoms with Crippen molar-refractivity contribution in [1.29, 1.82) is 0 Å². The van der Waals surface area contributed by atoms with Crippen LogP contribution in [0.5, 0.6) is 0 Å². The number of carbonyl (C=O) groups excluding carboxylic acids is 1. The molecule has 0 aliphatic carbocycles. The first-order chi connectivity index (χ1) is 14.5. The number of benzene rings is 2. The number of guanidine groups is 1. The SMILES string of the molecule is CCNC(=NCc1cccc(NC(=O)CN(C)C)c1)NCC(CO)c1ccccc1.I. The Hall–Kier alpha value is -2.17. The van der Waals surface area contributed by atoms with Gasteiger partial charge in [0.2, 0.25) is 5.91 Å². The van der Waals surface area contributed by atoms with E-state index in [2.05, 4.69) is 20.9 Å². The second-order valence-corrected chi connectivity index (χ2v) is 7.35. The lowest BCUT2D eigenvalue weighted by Gasteiger charge is -2.18. The monoisotopic (exact) mass is 539 g/mol. The highest BCUT2D eigenvalue weighted by molar-refractivity contribution is 14.0. The van der Waals surface area contributed by atoms with Gasteiger partial charge in [-0.25, -0.2) is 4.99 Å². The highest BCUT2D eigenvalue weighted by atomic mass is 127. The number of aliphatic imine (C=N–C) groups is 1. The molecule has 0 aliphatic heterocycles. The van der Waals surface area contributed by atoms with Crippen LogP contribution in [0, 0.1) is 0 Å². The van der Waals surface area contributed by atoms with E-state index in [1.165, 1.54) is 0 Å². The average molecular weight is 539 g/mol. The number of hydrogen-bond acceptors (Lipinski definition) is 4. The standard InChI is InChI=1S/C23H33N5O2.HI/c1-4-24-23(26-15-20(17-29)19-10-6-5-7-11-19)25-14-18-9-8-12-21(13-18)27-22(30)16-28(2)3;/h5-13,20,29H,4,14-17H2,1-3H3,(H,27,30)(H2,24,25,26);1H. The number of rotatable bonds is 10. The molecule has 0 spiro atoms. The molecular formula is C23H34IN5O2. The zero-order chi connectivity index (χ0) is 21.8. The van der Waals surface area contributed by atoms with Gasteiger partial charge in [-0.05, 0) is 44.3 Å². The van der Waals surface area contributed by atoms with E-state index < -0.39 is 0 Å². The topological polar surface area (TPSA) is 89.0 Å². The quantitative estimate of drug-likeness (QED) is 0.212. The lowest BCUT2D eigenvalue weighted by Crippen LogP contribution is -2.39. The molecule has 170 valence electrons. The Morgan fingerprint density at radius 2 is 1.84 bits per heavy atom. The van der Waals surface area contributed by atoms with Crippen molar-refractivity contribution in [2.24, 2.45) is 4.99 Å². The summed E-state index contributed by atoms with van der Waals surface area (Å²) in [5.41, 5.74) is 2.85. The number of nitrogens with zero attached hydrogens (tertiary/aromatic N) is 2. The van der Waals surface area contributed by atoms with Crippen molar-refractivity contribution < 1.29 is 9.90 Å². The maximum absolute atomic E-state index is 12.0. The number of carbonyl (C=O) groups is 1. The number of anilines is 1. The fourth-order valence-electron chi connectivity index (χ4n) is 2.98. The molecule has 4 N–H and O–H groups in total. The Balaban J connectivity index is 0.00000480. The van der Waals surface area contributed by atoms with Gasteiger partial charge in [-0.3, -0.25) is 4.79 Å². The third kappa shape index (κ3) is 10.1. The molecule has 0 aromatic heterocycles. The van der Waals surface area contributed by atoms with Crippen molar-refractivity contribution in [2.75, 3.05) is 45.7 Å². The second-order valence-electron chi connectivity index (χ2n) is 7.35. The second kappa shape index (κ2) is 14.8. The van der Waals surface area contributed by atoms with Gasteiger partial charge in [-0.1, -0.05) is 42.5 Å². The van der Waals surface area contributed by atoms with Crippen LogP contribution in [0.4, 0.5) is 5.69 Å². The van der Waals surface area contributed by atoms with E-state index in [4.69, 9.17) is 0 Å². The predicted octanol–water partition coefficient (Wildman–Crippen LogP) is 2.64. The van der Waals surface area contributed by atoms with E-state index in [-0.39, 0.29) is 42.4 Å². The van der Waals surface area contributed by atoms with Crippen LogP contribution in [-0.2, 0) is 11.3 Å². The molecule has 0 fully saturated rings. The van der Waals surface area contributed by atoms with Crippen LogP contribution < -0.4 is 16.0 Å². The fraction of sp³-hybridized carbons (Fsp3) is 0.391. The number of aliphatic hydroxyl groups excluding tert-OH is 1. The lowest BCUT2D eigenvalue weighted by molar-refractivity contribution is -0.116. The van der Waals surface area contributed by atoms with Crippen LogP contribution in [0.15, 0.2) is 59.6 Å². The highest BCUT2D eigenvalue weighted by Crippen LogP contribution is 2.14. The molecule has 1 unspecified atom stereocenters. The first-order valence-corrected chi connectivity index (χ1v) is 10.2. The molecule has 0 bridgehead atoms. The van der Waals surface area contributed by atoms with Crippen LogP contribution >= 0.6 is 24.0 Å². The normalized spacial score (nSPS) is 12.1. The van der Waals surface area contributed by atoms with E-state index in [1.807, 2.05) is 80.5 Å². The Bertz CT molecular complexity index is 815. The van der Waals surface area contributed by atoms with Crippen LogP contribution in [-0.4, -0.2) is 62.2 Å². The summed E-state index contributed by atoms with van der Waals surface area (Å²) in [6.07, 6.45) is 0. The van der Waals surface area contributed by atoms with Gasteiger partial charge in [-0.15, -0.1) is 24.0 Å². The van der Waals surface area contributed by atoms with Crippen molar-refractivity contribution in [1.82, 2.24) is 15.5 Å². The largest absolute Gasteiger partial charge is 0.396 e. The van der Waals surface area contributed by atoms with E-state index in [1.54, 1.807) is 0 Å². The maximum atomic E-state index is 12.0. The molecule has 2 rings (SSSR count). The molecule has 0 heterocycles. The molecule has 2 aromatic rings. The van der Waals surface area contributed by atoms with Gasteiger partial charge >= 0.3 is 0 Å². The Morgan fingerprint density at radius 3 is 2.48 bits per heavy atom. The number of hydrogen-bond donors (Lipinski definition) is 4. The minimum Gasteiger partial charge on any atom is -0.396 e. The number of halogens is 1. The van der Waals surface area contributed by atoms with E-state index in [9.17, 15) is 9.90 Å². The molecule has 8 heteroatoms. The Morgan fingerprint density at radius 1 is 1.10 bits per heavy atom. The molecule has 1 atom stereocenters. The number of aliphatic hydroxyl groups is 1. The van der Waals surface area contributed by atoms with Gasteiger partial charge < -0.3 is 26.0 Å². The summed E-state index contributed by atoms with van der Waals surface area (Å²) in [4.78, 5) is 18.4. The van der Waals surface area contributed by atoms with Crippen LogP contribution in [0.25, 0.3) is 0 Å². The average Bonchev–Trinajstić information content (AvgIpc) is 2.72. The summed E-state index contributed by atoms with van der Waals surface area (Å²) in [5.74, 6) is 0.630. The van der Waals surface area contributed by atoms with Gasteiger partial charge in [0.25, 0.3) is 0 Å². The van der Waals surface area contributed by atoms with E-state index >= 15 is 0 Å². The van der Waals surface area contributed by atoms with Crippen LogP contribution in [0.3, 0.4) is 0 Å². The molecule has 7 nitrogen and oxygen atoms in total. The van der Waals surface area contributed by atoms with Gasteiger partial charge in [0, 0.05) is 24.7 Å². The zero-order valence-corrected chi connectivity index (χ0v) is 20.8. The van der Waals surface area contributed by atoms with Gasteiger partial charge in [0.05, 0.1) is 19.7 Å². The predicted molar refractivity (Wildman–Crippen MR) is 138 cm³/mol. The molecule has 0 saturated heterocycles. The fourth-order valence-corrected chi connectivity index (χ4v) is 2.98. The van der Waals surface area contributed by atoms with Gasteiger partial charge in [0.1, 0.15) is 0 Å². The summed E-state index contributed by atoms with van der Waals surface area (Å²) in [6, 6.07) is 17.6. The first kappa shape index (κ1) is 26.9. The van der Waals surface area contributed by atoms with E-state index in [0.717, 1.165) is 23.4 Å². The molecule has 31 heavy (non-hydrogen) atoms. The Labute approximate surface area is 202 Å².